The maximum absolute atomic E-state index is 11.1. The highest BCUT2D eigenvalue weighted by Gasteiger charge is 2.20. The second-order valence-electron chi connectivity index (χ2n) is 3.89. The van der Waals surface area contributed by atoms with Gasteiger partial charge in [0.1, 0.15) is 22.6 Å². The summed E-state index contributed by atoms with van der Waals surface area (Å²) < 4.78 is 5.35. The van der Waals surface area contributed by atoms with E-state index in [0.29, 0.717) is 0 Å². The number of phenolic OH excluding ortho intramolecular Hbond substituents is 1. The maximum atomic E-state index is 11.1. The topological polar surface area (TPSA) is 104 Å². The second kappa shape index (κ2) is 5.31. The first-order valence-electron chi connectivity index (χ1n) is 5.55. The van der Waals surface area contributed by atoms with Gasteiger partial charge in [0.25, 0.3) is 0 Å². The van der Waals surface area contributed by atoms with E-state index in [9.17, 15) is 9.59 Å². The van der Waals surface area contributed by atoms with Gasteiger partial charge in [0.05, 0.1) is 0 Å². The minimum absolute atomic E-state index is 0.0160. The van der Waals surface area contributed by atoms with Crippen molar-refractivity contribution in [3.63, 3.8) is 0 Å². The van der Waals surface area contributed by atoms with Crippen molar-refractivity contribution >= 4 is 11.9 Å². The lowest BCUT2D eigenvalue weighted by Gasteiger charge is -2.11. The van der Waals surface area contributed by atoms with E-state index in [-0.39, 0.29) is 28.4 Å². The fraction of sp³-hybridized carbons (Fsp3) is 0. The lowest BCUT2D eigenvalue weighted by molar-refractivity contribution is 0.0692. The van der Waals surface area contributed by atoms with Crippen LogP contribution in [0.25, 0.3) is 0 Å². The number of rotatable bonds is 4. The third kappa shape index (κ3) is 2.69. The molecule has 102 valence electrons. The molecule has 0 atom stereocenters. The summed E-state index contributed by atoms with van der Waals surface area (Å²) >= 11 is 0. The fourth-order valence-electron chi connectivity index (χ4n) is 1.62. The molecule has 0 bridgehead atoms. The Hall–Kier alpha value is -3.02. The number of hydrogen-bond donors (Lipinski definition) is 3. The third-order valence-corrected chi connectivity index (χ3v) is 2.53. The molecule has 0 spiro atoms. The minimum atomic E-state index is -1.29. The van der Waals surface area contributed by atoms with Crippen molar-refractivity contribution in [1.29, 1.82) is 0 Å². The van der Waals surface area contributed by atoms with Crippen molar-refractivity contribution in [2.75, 3.05) is 0 Å². The van der Waals surface area contributed by atoms with Crippen LogP contribution in [0, 0.1) is 0 Å². The van der Waals surface area contributed by atoms with E-state index in [1.807, 2.05) is 0 Å². The summed E-state index contributed by atoms with van der Waals surface area (Å²) in [6.45, 7) is 0. The summed E-state index contributed by atoms with van der Waals surface area (Å²) in [6, 6.07) is 9.34. The lowest BCUT2D eigenvalue weighted by Crippen LogP contribution is -2.06. The smallest absolute Gasteiger partial charge is 0.339 e. The Morgan fingerprint density at radius 1 is 0.850 bits per heavy atom. The zero-order valence-corrected chi connectivity index (χ0v) is 10.1. The molecule has 0 aliphatic carbocycles. The molecule has 6 nitrogen and oxygen atoms in total. The monoisotopic (exact) mass is 274 g/mol. The zero-order valence-electron chi connectivity index (χ0n) is 10.1. The molecule has 0 amide bonds. The third-order valence-electron chi connectivity index (χ3n) is 2.53. The van der Waals surface area contributed by atoms with Crippen LogP contribution in [0.1, 0.15) is 20.7 Å². The standard InChI is InChI=1S/C14H10O6/c15-8-4-6-9(7-5-8)20-12-10(13(16)17)2-1-3-11(12)14(18)19/h1-7,15H,(H,16,17)(H,18,19). The van der Waals surface area contributed by atoms with Crippen molar-refractivity contribution in [2.24, 2.45) is 0 Å². The van der Waals surface area contributed by atoms with Crippen molar-refractivity contribution < 1.29 is 29.6 Å². The van der Waals surface area contributed by atoms with Gasteiger partial charge in [-0.05, 0) is 36.4 Å². The number of carbonyl (C=O) groups is 2. The molecule has 0 saturated carbocycles. The molecule has 2 aromatic carbocycles. The first kappa shape index (κ1) is 13.4. The molecule has 2 aromatic rings. The molecule has 0 heterocycles. The van der Waals surface area contributed by atoms with Gasteiger partial charge in [0.2, 0.25) is 0 Å². The van der Waals surface area contributed by atoms with E-state index < -0.39 is 11.9 Å². The number of carboxylic acids is 2. The quantitative estimate of drug-likeness (QED) is 0.791. The SMILES string of the molecule is O=C(O)c1cccc(C(=O)O)c1Oc1ccc(O)cc1. The molecule has 0 aliphatic heterocycles. The highest BCUT2D eigenvalue weighted by molar-refractivity contribution is 5.98. The predicted molar refractivity (Wildman–Crippen MR) is 68.5 cm³/mol. The van der Waals surface area contributed by atoms with E-state index in [1.165, 1.54) is 42.5 Å². The summed E-state index contributed by atoms with van der Waals surface area (Å²) in [6.07, 6.45) is 0. The summed E-state index contributed by atoms with van der Waals surface area (Å²) in [5.41, 5.74) is -0.504. The van der Waals surface area contributed by atoms with Crippen LogP contribution in [0.15, 0.2) is 42.5 Å². The highest BCUT2D eigenvalue weighted by atomic mass is 16.5. The average Bonchev–Trinajstić information content (AvgIpc) is 2.41. The molecule has 20 heavy (non-hydrogen) atoms. The van der Waals surface area contributed by atoms with Gasteiger partial charge < -0.3 is 20.1 Å². The first-order valence-corrected chi connectivity index (χ1v) is 5.55. The molecule has 3 N–H and O–H groups in total. The summed E-state index contributed by atoms with van der Waals surface area (Å²) in [4.78, 5) is 22.3. The van der Waals surface area contributed by atoms with Crippen LogP contribution in [0.2, 0.25) is 0 Å². The first-order chi connectivity index (χ1) is 9.49. The number of ether oxygens (including phenoxy) is 1. The van der Waals surface area contributed by atoms with Gasteiger partial charge in [-0.2, -0.15) is 0 Å². The number of hydrogen-bond acceptors (Lipinski definition) is 4. The predicted octanol–water partition coefficient (Wildman–Crippen LogP) is 2.58. The largest absolute Gasteiger partial charge is 0.508 e. The number of para-hydroxylation sites is 1. The van der Waals surface area contributed by atoms with Crippen molar-refractivity contribution in [3.05, 3.63) is 53.6 Å². The van der Waals surface area contributed by atoms with Crippen LogP contribution in [0.5, 0.6) is 17.2 Å². The number of benzene rings is 2. The average molecular weight is 274 g/mol. The highest BCUT2D eigenvalue weighted by Crippen LogP contribution is 2.30. The van der Waals surface area contributed by atoms with Crippen LogP contribution in [-0.4, -0.2) is 27.3 Å². The van der Waals surface area contributed by atoms with Crippen LogP contribution in [-0.2, 0) is 0 Å². The molecule has 0 fully saturated rings. The Morgan fingerprint density at radius 3 is 1.80 bits per heavy atom. The summed E-state index contributed by atoms with van der Waals surface area (Å²) in [5.74, 6) is -2.59. The van der Waals surface area contributed by atoms with Gasteiger partial charge in [-0.15, -0.1) is 0 Å². The van der Waals surface area contributed by atoms with E-state index >= 15 is 0 Å². The van der Waals surface area contributed by atoms with Gasteiger partial charge in [-0.3, -0.25) is 0 Å². The van der Waals surface area contributed by atoms with Crippen molar-refractivity contribution in [3.8, 4) is 17.2 Å². The molecular formula is C14H10O6. The molecule has 6 heteroatoms. The van der Waals surface area contributed by atoms with E-state index in [1.54, 1.807) is 0 Å². The molecule has 0 radical (unpaired) electrons. The Morgan fingerprint density at radius 2 is 1.35 bits per heavy atom. The second-order valence-corrected chi connectivity index (χ2v) is 3.89. The van der Waals surface area contributed by atoms with E-state index in [4.69, 9.17) is 20.1 Å². The van der Waals surface area contributed by atoms with E-state index in [2.05, 4.69) is 0 Å². The van der Waals surface area contributed by atoms with Crippen LogP contribution < -0.4 is 4.74 Å². The molecule has 0 aliphatic rings. The van der Waals surface area contributed by atoms with Crippen molar-refractivity contribution in [1.82, 2.24) is 0 Å². The van der Waals surface area contributed by atoms with E-state index in [0.717, 1.165) is 0 Å². The van der Waals surface area contributed by atoms with Crippen molar-refractivity contribution in [2.45, 2.75) is 0 Å². The minimum Gasteiger partial charge on any atom is -0.508 e. The number of aromatic hydroxyl groups is 1. The maximum Gasteiger partial charge on any atom is 0.339 e. The Balaban J connectivity index is 2.50. The number of aromatic carboxylic acids is 2. The molecule has 0 aromatic heterocycles. The van der Waals surface area contributed by atoms with Gasteiger partial charge in [-0.1, -0.05) is 6.07 Å². The Kier molecular flexibility index (Phi) is 3.56. The molecule has 0 saturated heterocycles. The summed E-state index contributed by atoms with van der Waals surface area (Å²) in [5, 5.41) is 27.3. The summed E-state index contributed by atoms with van der Waals surface area (Å²) in [7, 11) is 0. The zero-order chi connectivity index (χ0) is 14.7. The Labute approximate surface area is 113 Å². The lowest BCUT2D eigenvalue weighted by atomic mass is 10.1. The fourth-order valence-corrected chi connectivity index (χ4v) is 1.62. The van der Waals surface area contributed by atoms with Gasteiger partial charge in [0.15, 0.2) is 5.75 Å². The van der Waals surface area contributed by atoms with Gasteiger partial charge in [0, 0.05) is 0 Å². The molecule has 2 rings (SSSR count). The van der Waals surface area contributed by atoms with Gasteiger partial charge in [-0.25, -0.2) is 9.59 Å². The van der Waals surface area contributed by atoms with Crippen LogP contribution >= 0.6 is 0 Å². The normalized spacial score (nSPS) is 10.0. The Bertz CT molecular complexity index is 628. The number of phenols is 1. The van der Waals surface area contributed by atoms with Gasteiger partial charge >= 0.3 is 11.9 Å². The molecular weight excluding hydrogens is 264 g/mol. The van der Waals surface area contributed by atoms with Crippen LogP contribution in [0.4, 0.5) is 0 Å². The van der Waals surface area contributed by atoms with Crippen LogP contribution in [0.3, 0.4) is 0 Å². The number of carboxylic acid groups (broad SMARTS) is 2. The molecule has 0 unspecified atom stereocenters.